The third-order valence-electron chi connectivity index (χ3n) is 3.78. The van der Waals surface area contributed by atoms with Gasteiger partial charge in [-0.05, 0) is 26.8 Å². The van der Waals surface area contributed by atoms with Crippen LogP contribution in [0.25, 0.3) is 0 Å². The number of carbonyl (C=O) groups is 1. The van der Waals surface area contributed by atoms with E-state index in [1.165, 1.54) is 0 Å². The van der Waals surface area contributed by atoms with Gasteiger partial charge in [0.25, 0.3) is 0 Å². The maximum atomic E-state index is 12.1. The van der Waals surface area contributed by atoms with E-state index < -0.39 is 0 Å². The Morgan fingerprint density at radius 2 is 2.11 bits per heavy atom. The van der Waals surface area contributed by atoms with Crippen LogP contribution < -0.4 is 5.32 Å². The summed E-state index contributed by atoms with van der Waals surface area (Å²) in [6.07, 6.45) is 2.50. The van der Waals surface area contributed by atoms with E-state index in [-0.39, 0.29) is 18.1 Å². The van der Waals surface area contributed by atoms with Crippen LogP contribution in [-0.4, -0.2) is 74.2 Å². The zero-order valence-electron chi connectivity index (χ0n) is 11.5. The molecule has 0 radical (unpaired) electrons. The molecule has 0 saturated carbocycles. The SMILES string of the molecule is C[C@@H](NC[C@@H]1CN(C)CCO1)C(=O)N1CCCC1. The first-order chi connectivity index (χ1) is 8.66. The molecule has 1 N–H and O–H groups in total. The Morgan fingerprint density at radius 3 is 2.78 bits per heavy atom. The fourth-order valence-electron chi connectivity index (χ4n) is 2.60. The smallest absolute Gasteiger partial charge is 0.239 e. The highest BCUT2D eigenvalue weighted by atomic mass is 16.5. The monoisotopic (exact) mass is 255 g/mol. The Hall–Kier alpha value is -0.650. The average Bonchev–Trinajstić information content (AvgIpc) is 2.89. The molecule has 0 spiro atoms. The topological polar surface area (TPSA) is 44.8 Å². The molecule has 0 aromatic carbocycles. The molecule has 0 aromatic heterocycles. The van der Waals surface area contributed by atoms with Crippen LogP contribution in [0.15, 0.2) is 0 Å². The fourth-order valence-corrected chi connectivity index (χ4v) is 2.60. The largest absolute Gasteiger partial charge is 0.374 e. The molecule has 1 amide bonds. The summed E-state index contributed by atoms with van der Waals surface area (Å²) in [4.78, 5) is 16.3. The summed E-state index contributed by atoms with van der Waals surface area (Å²) in [6.45, 7) is 7.28. The van der Waals surface area contributed by atoms with E-state index in [9.17, 15) is 4.79 Å². The van der Waals surface area contributed by atoms with Crippen LogP contribution in [0.3, 0.4) is 0 Å². The Morgan fingerprint density at radius 1 is 1.39 bits per heavy atom. The average molecular weight is 255 g/mol. The van der Waals surface area contributed by atoms with Crippen molar-refractivity contribution in [3.8, 4) is 0 Å². The first-order valence-corrected chi connectivity index (χ1v) is 6.99. The van der Waals surface area contributed by atoms with Crippen molar-refractivity contribution in [1.82, 2.24) is 15.1 Å². The molecule has 104 valence electrons. The molecule has 0 aliphatic carbocycles. The summed E-state index contributed by atoms with van der Waals surface area (Å²) in [5.41, 5.74) is 0. The number of amides is 1. The molecule has 0 unspecified atom stereocenters. The van der Waals surface area contributed by atoms with Crippen LogP contribution in [0.1, 0.15) is 19.8 Å². The highest BCUT2D eigenvalue weighted by molar-refractivity contribution is 5.81. The van der Waals surface area contributed by atoms with Crippen LogP contribution >= 0.6 is 0 Å². The summed E-state index contributed by atoms with van der Waals surface area (Å²) in [6, 6.07) is -0.0982. The van der Waals surface area contributed by atoms with Crippen LogP contribution in [-0.2, 0) is 9.53 Å². The predicted octanol–water partition coefficient (Wildman–Crippen LogP) is -0.0825. The van der Waals surface area contributed by atoms with E-state index in [0.717, 1.165) is 52.2 Å². The molecule has 2 atom stereocenters. The molecule has 2 aliphatic rings. The van der Waals surface area contributed by atoms with Crippen LogP contribution in [0, 0.1) is 0 Å². The standard InChI is InChI=1S/C13H25N3O2/c1-11(13(17)16-5-3-4-6-16)14-9-12-10-15(2)7-8-18-12/h11-12,14H,3-10H2,1-2H3/t11-,12-/m1/s1. The second-order valence-electron chi connectivity index (χ2n) is 5.42. The molecule has 2 fully saturated rings. The normalized spacial score (nSPS) is 27.4. The summed E-state index contributed by atoms with van der Waals surface area (Å²) >= 11 is 0. The van der Waals surface area contributed by atoms with E-state index >= 15 is 0 Å². The third kappa shape index (κ3) is 3.67. The van der Waals surface area contributed by atoms with E-state index in [1.54, 1.807) is 0 Å². The molecule has 18 heavy (non-hydrogen) atoms. The minimum atomic E-state index is -0.0982. The lowest BCUT2D eigenvalue weighted by atomic mass is 10.2. The Kier molecular flexibility index (Phi) is 4.97. The number of ether oxygens (including phenoxy) is 1. The van der Waals surface area contributed by atoms with Gasteiger partial charge >= 0.3 is 0 Å². The third-order valence-corrected chi connectivity index (χ3v) is 3.78. The van der Waals surface area contributed by atoms with Gasteiger partial charge in [-0.25, -0.2) is 0 Å². The quantitative estimate of drug-likeness (QED) is 0.763. The number of likely N-dealkylation sites (N-methyl/N-ethyl adjacent to an activating group) is 1. The van der Waals surface area contributed by atoms with Crippen LogP contribution in [0.4, 0.5) is 0 Å². The fraction of sp³-hybridized carbons (Fsp3) is 0.923. The number of hydrogen-bond donors (Lipinski definition) is 1. The second kappa shape index (κ2) is 6.50. The van der Waals surface area contributed by atoms with Gasteiger partial charge in [0.05, 0.1) is 18.8 Å². The summed E-state index contributed by atoms with van der Waals surface area (Å²) < 4.78 is 5.67. The minimum absolute atomic E-state index is 0.0982. The minimum Gasteiger partial charge on any atom is -0.374 e. The zero-order chi connectivity index (χ0) is 13.0. The highest BCUT2D eigenvalue weighted by Crippen LogP contribution is 2.09. The molecular weight excluding hydrogens is 230 g/mol. The summed E-state index contributed by atoms with van der Waals surface area (Å²) in [7, 11) is 2.11. The van der Waals surface area contributed by atoms with Crippen molar-refractivity contribution in [1.29, 1.82) is 0 Å². The molecule has 2 aliphatic heterocycles. The highest BCUT2D eigenvalue weighted by Gasteiger charge is 2.24. The molecule has 0 aromatic rings. The predicted molar refractivity (Wildman–Crippen MR) is 70.5 cm³/mol. The van der Waals surface area contributed by atoms with Crippen molar-refractivity contribution in [2.24, 2.45) is 0 Å². The molecule has 5 heteroatoms. The Labute approximate surface area is 109 Å². The first kappa shape index (κ1) is 13.8. The van der Waals surface area contributed by atoms with E-state index in [2.05, 4.69) is 17.3 Å². The van der Waals surface area contributed by atoms with Gasteiger partial charge in [0.2, 0.25) is 5.91 Å². The number of morpholine rings is 1. The number of hydrogen-bond acceptors (Lipinski definition) is 4. The van der Waals surface area contributed by atoms with Crippen molar-refractivity contribution in [2.45, 2.75) is 31.9 Å². The zero-order valence-corrected chi connectivity index (χ0v) is 11.5. The van der Waals surface area contributed by atoms with E-state index in [4.69, 9.17) is 4.74 Å². The maximum absolute atomic E-state index is 12.1. The molecule has 2 heterocycles. The van der Waals surface area contributed by atoms with Crippen molar-refractivity contribution >= 4 is 5.91 Å². The van der Waals surface area contributed by atoms with Gasteiger partial charge in [-0.15, -0.1) is 0 Å². The van der Waals surface area contributed by atoms with Crippen molar-refractivity contribution < 1.29 is 9.53 Å². The molecule has 0 bridgehead atoms. The second-order valence-corrected chi connectivity index (χ2v) is 5.42. The first-order valence-electron chi connectivity index (χ1n) is 6.99. The van der Waals surface area contributed by atoms with E-state index in [1.807, 2.05) is 11.8 Å². The summed E-state index contributed by atoms with van der Waals surface area (Å²) in [5.74, 6) is 0.233. The van der Waals surface area contributed by atoms with Crippen LogP contribution in [0.5, 0.6) is 0 Å². The van der Waals surface area contributed by atoms with Gasteiger partial charge in [-0.2, -0.15) is 0 Å². The molecule has 5 nitrogen and oxygen atoms in total. The van der Waals surface area contributed by atoms with Gasteiger partial charge in [0, 0.05) is 32.7 Å². The van der Waals surface area contributed by atoms with Gasteiger partial charge in [-0.1, -0.05) is 0 Å². The molecule has 2 saturated heterocycles. The van der Waals surface area contributed by atoms with Gasteiger partial charge < -0.3 is 19.9 Å². The van der Waals surface area contributed by atoms with Gasteiger partial charge in [0.1, 0.15) is 0 Å². The van der Waals surface area contributed by atoms with Crippen molar-refractivity contribution in [2.75, 3.05) is 46.4 Å². The van der Waals surface area contributed by atoms with Crippen molar-refractivity contribution in [3.63, 3.8) is 0 Å². The maximum Gasteiger partial charge on any atom is 0.239 e. The van der Waals surface area contributed by atoms with Crippen LogP contribution in [0.2, 0.25) is 0 Å². The molecular formula is C13H25N3O2. The molecule has 2 rings (SSSR count). The number of carbonyl (C=O) groups excluding carboxylic acids is 1. The lowest BCUT2D eigenvalue weighted by molar-refractivity contribution is -0.132. The van der Waals surface area contributed by atoms with Gasteiger partial charge in [-0.3, -0.25) is 4.79 Å². The Balaban J connectivity index is 1.70. The Bertz CT molecular complexity index is 279. The summed E-state index contributed by atoms with van der Waals surface area (Å²) in [5, 5.41) is 3.31. The lowest BCUT2D eigenvalue weighted by Gasteiger charge is -2.31. The van der Waals surface area contributed by atoms with E-state index in [0.29, 0.717) is 0 Å². The van der Waals surface area contributed by atoms with Gasteiger partial charge in [0.15, 0.2) is 0 Å². The lowest BCUT2D eigenvalue weighted by Crippen LogP contribution is -2.50. The number of likely N-dealkylation sites (tertiary alicyclic amines) is 1. The number of nitrogens with zero attached hydrogens (tertiary/aromatic N) is 2. The number of nitrogens with one attached hydrogen (secondary N) is 1. The van der Waals surface area contributed by atoms with Crippen molar-refractivity contribution in [3.05, 3.63) is 0 Å². The number of rotatable bonds is 4.